The minimum absolute atomic E-state index is 0.0424. The topological polar surface area (TPSA) is 60.2 Å². The van der Waals surface area contributed by atoms with Crippen molar-refractivity contribution in [2.24, 2.45) is 0 Å². The second-order valence-corrected chi connectivity index (χ2v) is 6.82. The first-order chi connectivity index (χ1) is 14.6. The fourth-order valence-corrected chi connectivity index (χ4v) is 3.02. The van der Waals surface area contributed by atoms with Gasteiger partial charge in [0.15, 0.2) is 0 Å². The van der Waals surface area contributed by atoms with Crippen molar-refractivity contribution in [3.05, 3.63) is 101 Å². The molecular formula is C22H16ClF2N3O2. The molecule has 0 spiro atoms. The van der Waals surface area contributed by atoms with Crippen molar-refractivity contribution in [2.75, 3.05) is 5.32 Å². The Morgan fingerprint density at radius 2 is 1.80 bits per heavy atom. The van der Waals surface area contributed by atoms with Crippen molar-refractivity contribution in [3.8, 4) is 5.75 Å². The first-order valence-corrected chi connectivity index (χ1v) is 9.42. The molecule has 4 aromatic rings. The molecule has 152 valence electrons. The van der Waals surface area contributed by atoms with Gasteiger partial charge in [0, 0.05) is 40.7 Å². The molecule has 1 N–H and O–H groups in total. The first kappa shape index (κ1) is 19.8. The molecule has 2 aromatic heterocycles. The van der Waals surface area contributed by atoms with Crippen LogP contribution in [0.4, 0.5) is 20.5 Å². The van der Waals surface area contributed by atoms with Gasteiger partial charge in [-0.25, -0.2) is 13.8 Å². The zero-order valence-corrected chi connectivity index (χ0v) is 16.4. The monoisotopic (exact) mass is 427 g/mol. The molecule has 0 aliphatic carbocycles. The van der Waals surface area contributed by atoms with Gasteiger partial charge in [0.25, 0.3) is 6.01 Å². The number of hydrogen-bond donors (Lipinski definition) is 1. The van der Waals surface area contributed by atoms with Crippen LogP contribution in [0.2, 0.25) is 5.02 Å². The lowest BCUT2D eigenvalue weighted by molar-refractivity contribution is 0.306. The van der Waals surface area contributed by atoms with Crippen molar-refractivity contribution in [1.29, 1.82) is 0 Å². The molecule has 0 unspecified atom stereocenters. The lowest BCUT2D eigenvalue weighted by atomic mass is 10.1. The summed E-state index contributed by atoms with van der Waals surface area (Å²) in [5.74, 6) is -0.230. The largest absolute Gasteiger partial charge is 0.489 e. The van der Waals surface area contributed by atoms with Gasteiger partial charge in [-0.1, -0.05) is 23.7 Å². The van der Waals surface area contributed by atoms with E-state index in [9.17, 15) is 8.78 Å². The average Bonchev–Trinajstić information content (AvgIpc) is 3.18. The number of nitrogens with one attached hydrogen (secondary N) is 1. The Balaban J connectivity index is 1.40. The van der Waals surface area contributed by atoms with Gasteiger partial charge in [-0.05, 0) is 36.4 Å². The lowest BCUT2D eigenvalue weighted by Crippen LogP contribution is -1.98. The number of oxazole rings is 1. The van der Waals surface area contributed by atoms with Crippen molar-refractivity contribution < 1.29 is 17.9 Å². The Morgan fingerprint density at radius 3 is 2.53 bits per heavy atom. The lowest BCUT2D eigenvalue weighted by Gasteiger charge is -2.09. The van der Waals surface area contributed by atoms with Crippen LogP contribution in [0.1, 0.15) is 16.9 Å². The number of halogens is 3. The van der Waals surface area contributed by atoms with Gasteiger partial charge in [0.2, 0.25) is 0 Å². The molecule has 0 aliphatic heterocycles. The van der Waals surface area contributed by atoms with E-state index in [0.29, 0.717) is 28.8 Å². The number of rotatable bonds is 7. The summed E-state index contributed by atoms with van der Waals surface area (Å²) < 4.78 is 38.8. The summed E-state index contributed by atoms with van der Waals surface area (Å²) in [5.41, 5.74) is 1.39. The van der Waals surface area contributed by atoms with Crippen LogP contribution in [0.15, 0.2) is 71.5 Å². The second-order valence-electron chi connectivity index (χ2n) is 6.41. The summed E-state index contributed by atoms with van der Waals surface area (Å²) in [6, 6.07) is 12.8. The van der Waals surface area contributed by atoms with E-state index < -0.39 is 11.6 Å². The van der Waals surface area contributed by atoms with Crippen molar-refractivity contribution in [3.63, 3.8) is 0 Å². The second kappa shape index (κ2) is 8.92. The molecule has 2 heterocycles. The fraction of sp³-hybridized carbons (Fsp3) is 0.0909. The smallest absolute Gasteiger partial charge is 0.299 e. The van der Waals surface area contributed by atoms with Gasteiger partial charge < -0.3 is 14.5 Å². The molecule has 0 amide bonds. The van der Waals surface area contributed by atoms with E-state index in [0.717, 1.165) is 5.56 Å². The number of benzene rings is 2. The van der Waals surface area contributed by atoms with Crippen LogP contribution in [0.25, 0.3) is 0 Å². The van der Waals surface area contributed by atoms with Gasteiger partial charge in [-0.15, -0.1) is 0 Å². The maximum atomic E-state index is 13.8. The van der Waals surface area contributed by atoms with Crippen LogP contribution in [-0.2, 0) is 13.0 Å². The molecule has 30 heavy (non-hydrogen) atoms. The highest BCUT2D eigenvalue weighted by atomic mass is 35.5. The van der Waals surface area contributed by atoms with Crippen molar-refractivity contribution in [1.82, 2.24) is 9.97 Å². The van der Waals surface area contributed by atoms with Crippen LogP contribution < -0.4 is 10.1 Å². The van der Waals surface area contributed by atoms with E-state index in [2.05, 4.69) is 15.3 Å². The summed E-state index contributed by atoms with van der Waals surface area (Å²) in [7, 11) is 0. The standard InChI is InChI=1S/C22H16ClF2N3O2/c23-19-10-15(5-4-14(19)13-29-16-6-8-26-9-7-16)28-22-27-12-17(30-22)11-18-20(24)2-1-3-21(18)25/h1-10,12H,11,13H2,(H,27,28). The van der Waals surface area contributed by atoms with E-state index in [4.69, 9.17) is 20.8 Å². The predicted molar refractivity (Wildman–Crippen MR) is 109 cm³/mol. The molecule has 5 nitrogen and oxygen atoms in total. The number of ether oxygens (including phenoxy) is 1. The average molecular weight is 428 g/mol. The summed E-state index contributed by atoms with van der Waals surface area (Å²) in [6.45, 7) is 0.306. The van der Waals surface area contributed by atoms with Gasteiger partial charge in [0.05, 0.1) is 6.20 Å². The third-order valence-electron chi connectivity index (χ3n) is 4.31. The highest BCUT2D eigenvalue weighted by Gasteiger charge is 2.13. The van der Waals surface area contributed by atoms with Crippen LogP contribution in [-0.4, -0.2) is 9.97 Å². The zero-order valence-electron chi connectivity index (χ0n) is 15.6. The van der Waals surface area contributed by atoms with Crippen LogP contribution >= 0.6 is 11.6 Å². The molecule has 4 rings (SSSR count). The Kier molecular flexibility index (Phi) is 5.90. The molecule has 0 atom stereocenters. The Labute approximate surface area is 176 Å². The highest BCUT2D eigenvalue weighted by molar-refractivity contribution is 6.31. The zero-order chi connectivity index (χ0) is 20.9. The van der Waals surface area contributed by atoms with Crippen molar-refractivity contribution in [2.45, 2.75) is 13.0 Å². The maximum absolute atomic E-state index is 13.8. The van der Waals surface area contributed by atoms with Gasteiger partial charge >= 0.3 is 0 Å². The van der Waals surface area contributed by atoms with Crippen LogP contribution in [0.5, 0.6) is 5.75 Å². The molecule has 0 saturated heterocycles. The third-order valence-corrected chi connectivity index (χ3v) is 4.67. The SMILES string of the molecule is Fc1cccc(F)c1Cc1cnc(Nc2ccc(COc3ccncc3)c(Cl)c2)o1. The Hall–Kier alpha value is -3.45. The maximum Gasteiger partial charge on any atom is 0.299 e. The summed E-state index contributed by atoms with van der Waals surface area (Å²) in [4.78, 5) is 8.04. The van der Waals surface area contributed by atoms with Gasteiger partial charge in [-0.2, -0.15) is 0 Å². The molecule has 0 radical (unpaired) electrons. The highest BCUT2D eigenvalue weighted by Crippen LogP contribution is 2.26. The molecule has 0 bridgehead atoms. The molecule has 0 saturated carbocycles. The minimum atomic E-state index is -0.628. The number of anilines is 2. The quantitative estimate of drug-likeness (QED) is 0.397. The number of hydrogen-bond acceptors (Lipinski definition) is 5. The van der Waals surface area contributed by atoms with Gasteiger partial charge in [0.1, 0.15) is 29.8 Å². The van der Waals surface area contributed by atoms with Crippen LogP contribution in [0, 0.1) is 11.6 Å². The summed E-state index contributed by atoms with van der Waals surface area (Å²) >= 11 is 6.34. The molecule has 0 fully saturated rings. The molecule has 2 aromatic carbocycles. The molecular weight excluding hydrogens is 412 g/mol. The van der Waals surface area contributed by atoms with E-state index in [1.54, 1.807) is 36.7 Å². The van der Waals surface area contributed by atoms with E-state index in [-0.39, 0.29) is 18.0 Å². The first-order valence-electron chi connectivity index (χ1n) is 9.04. The van der Waals surface area contributed by atoms with E-state index >= 15 is 0 Å². The summed E-state index contributed by atoms with van der Waals surface area (Å²) in [5, 5.41) is 3.49. The minimum Gasteiger partial charge on any atom is -0.489 e. The van der Waals surface area contributed by atoms with Crippen molar-refractivity contribution >= 4 is 23.3 Å². The predicted octanol–water partition coefficient (Wildman–Crippen LogP) is 5.91. The molecule has 0 aliphatic rings. The van der Waals surface area contributed by atoms with E-state index in [1.807, 2.05) is 6.07 Å². The number of nitrogens with zero attached hydrogens (tertiary/aromatic N) is 2. The van der Waals surface area contributed by atoms with Gasteiger partial charge in [-0.3, -0.25) is 4.98 Å². The third kappa shape index (κ3) is 4.75. The fourth-order valence-electron chi connectivity index (χ4n) is 2.78. The molecule has 8 heteroatoms. The number of aromatic nitrogens is 2. The van der Waals surface area contributed by atoms with Crippen LogP contribution in [0.3, 0.4) is 0 Å². The number of pyridine rings is 1. The Morgan fingerprint density at radius 1 is 1.03 bits per heavy atom. The Bertz CT molecular complexity index is 1130. The summed E-state index contributed by atoms with van der Waals surface area (Å²) in [6.07, 6.45) is 4.68. The normalized spacial score (nSPS) is 10.8. The van der Waals surface area contributed by atoms with E-state index in [1.165, 1.54) is 24.4 Å².